The molecule has 114 valence electrons. The van der Waals surface area contributed by atoms with Gasteiger partial charge in [0.25, 0.3) is 5.60 Å². The van der Waals surface area contributed by atoms with Crippen LogP contribution in [0.25, 0.3) is 0 Å². The highest BCUT2D eigenvalue weighted by molar-refractivity contribution is 7.26. The first-order valence-corrected chi connectivity index (χ1v) is 9.39. The lowest BCUT2D eigenvalue weighted by molar-refractivity contribution is -0.375. The van der Waals surface area contributed by atoms with Crippen molar-refractivity contribution in [2.24, 2.45) is 0 Å². The average molecular weight is 337 g/mol. The van der Waals surface area contributed by atoms with Crippen LogP contribution in [-0.2, 0) is 5.60 Å². The summed E-state index contributed by atoms with van der Waals surface area (Å²) < 4.78 is 77.1. The van der Waals surface area contributed by atoms with Gasteiger partial charge in [-0.1, -0.05) is 37.4 Å². The van der Waals surface area contributed by atoms with Gasteiger partial charge in [0.2, 0.25) is 0 Å². The average Bonchev–Trinajstić information content (AvgIpc) is 2.23. The van der Waals surface area contributed by atoms with E-state index in [4.69, 9.17) is 11.1 Å². The fourth-order valence-corrected chi connectivity index (χ4v) is 3.67. The molecule has 0 bridgehead atoms. The summed E-state index contributed by atoms with van der Waals surface area (Å²) in [4.78, 5) is 0. The lowest BCUT2D eigenvalue weighted by Gasteiger charge is -2.35. The fraction of sp³-hybridized carbons (Fsp3) is 0.455. The summed E-state index contributed by atoms with van der Waals surface area (Å²) in [5, 5.41) is 9.11. The van der Waals surface area contributed by atoms with E-state index in [-0.39, 0.29) is 5.19 Å². The summed E-state index contributed by atoms with van der Waals surface area (Å²) in [6.07, 6.45) is -11.8. The van der Waals surface area contributed by atoms with Gasteiger partial charge in [0, 0.05) is 5.56 Å². The highest BCUT2D eigenvalue weighted by atomic mass is 35.6. The molecule has 1 aromatic rings. The van der Waals surface area contributed by atoms with Crippen molar-refractivity contribution in [1.29, 1.82) is 0 Å². The molecule has 0 spiro atoms. The maximum absolute atomic E-state index is 12.9. The molecular weight excluding hydrogens is 326 g/mol. The molecule has 0 unspecified atom stereocenters. The third-order valence-corrected chi connectivity index (χ3v) is 5.11. The molecule has 9 heteroatoms. The van der Waals surface area contributed by atoms with E-state index >= 15 is 0 Å². The van der Waals surface area contributed by atoms with Crippen molar-refractivity contribution in [2.45, 2.75) is 31.0 Å². The van der Waals surface area contributed by atoms with Crippen molar-refractivity contribution < 1.29 is 31.4 Å². The number of rotatable bonds is 2. The fourth-order valence-electron chi connectivity index (χ4n) is 1.78. The number of aliphatic hydroxyl groups is 1. The second kappa shape index (κ2) is 4.92. The van der Waals surface area contributed by atoms with E-state index in [9.17, 15) is 31.4 Å². The largest absolute Gasteiger partial charge is 0.430 e. The molecule has 0 heterocycles. The van der Waals surface area contributed by atoms with Crippen LogP contribution in [0.15, 0.2) is 24.3 Å². The van der Waals surface area contributed by atoms with Crippen LogP contribution < -0.4 is 5.19 Å². The van der Waals surface area contributed by atoms with Gasteiger partial charge in [-0.15, -0.1) is 0 Å². The van der Waals surface area contributed by atoms with Crippen LogP contribution in [-0.4, -0.2) is 24.8 Å². The molecule has 0 aliphatic rings. The van der Waals surface area contributed by atoms with E-state index in [1.165, 1.54) is 19.2 Å². The Kier molecular flexibility index (Phi) is 4.26. The van der Waals surface area contributed by atoms with Crippen molar-refractivity contribution in [3.63, 3.8) is 0 Å². The van der Waals surface area contributed by atoms with Gasteiger partial charge in [-0.3, -0.25) is 0 Å². The summed E-state index contributed by atoms with van der Waals surface area (Å²) >= 11 is 5.96. The summed E-state index contributed by atoms with van der Waals surface area (Å²) in [5.74, 6) is 0. The SMILES string of the molecule is C[Si](C)(Cl)c1ccccc1C(O)(C(F)(F)F)C(F)(F)F. The summed E-state index contributed by atoms with van der Waals surface area (Å²) in [5.41, 5.74) is -6.19. The Balaban J connectivity index is 3.70. The van der Waals surface area contributed by atoms with Gasteiger partial charge < -0.3 is 5.11 Å². The Bertz CT molecular complexity index is 477. The summed E-state index contributed by atoms with van der Waals surface area (Å²) in [6, 6.07) is 3.96. The Morgan fingerprint density at radius 3 is 1.70 bits per heavy atom. The Morgan fingerprint density at radius 2 is 1.35 bits per heavy atom. The third kappa shape index (κ3) is 2.82. The lowest BCUT2D eigenvalue weighted by atomic mass is 9.92. The molecule has 0 radical (unpaired) electrons. The van der Waals surface area contributed by atoms with Gasteiger partial charge in [-0.25, -0.2) is 0 Å². The normalized spacial score (nSPS) is 14.5. The molecule has 0 aromatic heterocycles. The van der Waals surface area contributed by atoms with Gasteiger partial charge >= 0.3 is 12.4 Å². The van der Waals surface area contributed by atoms with Crippen LogP contribution in [0.2, 0.25) is 13.1 Å². The predicted octanol–water partition coefficient (Wildman–Crippen LogP) is 3.65. The second-order valence-corrected chi connectivity index (χ2v) is 11.0. The summed E-state index contributed by atoms with van der Waals surface area (Å²) in [6.45, 7) is 2.75. The van der Waals surface area contributed by atoms with E-state index in [1.54, 1.807) is 0 Å². The van der Waals surface area contributed by atoms with Crippen LogP contribution in [0, 0.1) is 0 Å². The quantitative estimate of drug-likeness (QED) is 0.496. The van der Waals surface area contributed by atoms with Crippen molar-refractivity contribution in [2.75, 3.05) is 0 Å². The Labute approximate surface area is 116 Å². The first kappa shape index (κ1) is 17.3. The molecule has 1 aromatic carbocycles. The van der Waals surface area contributed by atoms with Crippen molar-refractivity contribution >= 4 is 23.6 Å². The van der Waals surface area contributed by atoms with Gasteiger partial charge in [0.15, 0.2) is 7.38 Å². The van der Waals surface area contributed by atoms with Crippen LogP contribution in [0.1, 0.15) is 5.56 Å². The molecule has 1 N–H and O–H groups in total. The molecular formula is C11H11ClF6OSi. The standard InChI is InChI=1S/C11H11ClF6OSi/c1-20(2,12)8-6-4-3-5-7(8)9(19,10(13,14)15)11(16,17)18/h3-6,19H,1-2H3. The Hall–Kier alpha value is -0.733. The molecule has 0 fully saturated rings. The minimum Gasteiger partial charge on any atom is -0.369 e. The molecule has 0 amide bonds. The number of halogens is 7. The van der Waals surface area contributed by atoms with E-state index in [0.717, 1.165) is 12.1 Å². The van der Waals surface area contributed by atoms with Gasteiger partial charge in [0.1, 0.15) is 0 Å². The number of hydrogen-bond acceptors (Lipinski definition) is 1. The third-order valence-electron chi connectivity index (χ3n) is 2.78. The maximum Gasteiger partial charge on any atom is 0.430 e. The topological polar surface area (TPSA) is 20.2 Å². The first-order valence-electron chi connectivity index (χ1n) is 5.37. The zero-order valence-electron chi connectivity index (χ0n) is 10.4. The molecule has 0 aliphatic heterocycles. The minimum atomic E-state index is -5.90. The summed E-state index contributed by atoms with van der Waals surface area (Å²) in [7, 11) is -3.03. The molecule has 1 nitrogen and oxygen atoms in total. The number of benzene rings is 1. The van der Waals surface area contributed by atoms with Crippen LogP contribution in [0.3, 0.4) is 0 Å². The van der Waals surface area contributed by atoms with E-state index in [0.29, 0.717) is 6.07 Å². The maximum atomic E-state index is 12.9. The van der Waals surface area contributed by atoms with Gasteiger partial charge in [0.05, 0.1) is 0 Å². The smallest absolute Gasteiger partial charge is 0.369 e. The second-order valence-electron chi connectivity index (χ2n) is 4.72. The van der Waals surface area contributed by atoms with Crippen LogP contribution in [0.5, 0.6) is 0 Å². The molecule has 0 saturated carbocycles. The van der Waals surface area contributed by atoms with E-state index < -0.39 is 30.9 Å². The lowest BCUT2D eigenvalue weighted by Crippen LogP contribution is -2.58. The van der Waals surface area contributed by atoms with E-state index in [1.807, 2.05) is 0 Å². The zero-order valence-corrected chi connectivity index (χ0v) is 12.2. The van der Waals surface area contributed by atoms with E-state index in [2.05, 4.69) is 0 Å². The zero-order chi connectivity index (χ0) is 16.0. The molecule has 0 atom stereocenters. The first-order chi connectivity index (χ1) is 8.73. The molecule has 20 heavy (non-hydrogen) atoms. The van der Waals surface area contributed by atoms with Crippen molar-refractivity contribution in [3.8, 4) is 0 Å². The predicted molar refractivity (Wildman–Crippen MR) is 65.4 cm³/mol. The molecule has 1 rings (SSSR count). The van der Waals surface area contributed by atoms with Gasteiger partial charge in [-0.05, 0) is 5.19 Å². The molecule has 0 aliphatic carbocycles. The van der Waals surface area contributed by atoms with Crippen LogP contribution >= 0.6 is 11.1 Å². The molecule has 0 saturated heterocycles. The number of hydrogen-bond donors (Lipinski definition) is 1. The highest BCUT2D eigenvalue weighted by Gasteiger charge is 2.72. The highest BCUT2D eigenvalue weighted by Crippen LogP contribution is 2.49. The Morgan fingerprint density at radius 1 is 0.950 bits per heavy atom. The van der Waals surface area contributed by atoms with Crippen LogP contribution in [0.4, 0.5) is 26.3 Å². The monoisotopic (exact) mass is 336 g/mol. The minimum absolute atomic E-state index is 0.307. The van der Waals surface area contributed by atoms with Crippen molar-refractivity contribution in [1.82, 2.24) is 0 Å². The van der Waals surface area contributed by atoms with Gasteiger partial charge in [-0.2, -0.15) is 37.4 Å². The van der Waals surface area contributed by atoms with Crippen molar-refractivity contribution in [3.05, 3.63) is 29.8 Å². The number of alkyl halides is 6.